The van der Waals surface area contributed by atoms with Crippen LogP contribution in [-0.4, -0.2) is 30.3 Å². The number of thioether (sulfide) groups is 1. The molecule has 92 valence electrons. The van der Waals surface area contributed by atoms with Crippen LogP contribution in [0.2, 0.25) is 5.02 Å². The Morgan fingerprint density at radius 3 is 2.47 bits per heavy atom. The SMILES string of the molecule is Clc1ccc(SC[C@H]2CN3CCC2CC3)cc1. The summed E-state index contributed by atoms with van der Waals surface area (Å²) in [6, 6.07) is 8.24. The van der Waals surface area contributed by atoms with Gasteiger partial charge in [-0.1, -0.05) is 11.6 Å². The Morgan fingerprint density at radius 1 is 1.18 bits per heavy atom. The number of halogens is 1. The van der Waals surface area contributed by atoms with Gasteiger partial charge < -0.3 is 4.90 Å². The molecule has 3 heterocycles. The average molecular weight is 268 g/mol. The molecule has 0 aliphatic carbocycles. The lowest BCUT2D eigenvalue weighted by molar-refractivity contribution is 0.0626. The van der Waals surface area contributed by atoms with E-state index in [4.69, 9.17) is 11.6 Å². The van der Waals surface area contributed by atoms with E-state index in [1.165, 1.54) is 43.1 Å². The third-order valence-electron chi connectivity index (χ3n) is 4.07. The lowest BCUT2D eigenvalue weighted by Gasteiger charge is -2.44. The summed E-state index contributed by atoms with van der Waals surface area (Å²) in [5.41, 5.74) is 0. The predicted molar refractivity (Wildman–Crippen MR) is 74.8 cm³/mol. The fourth-order valence-electron chi connectivity index (χ4n) is 3.01. The van der Waals surface area contributed by atoms with Gasteiger partial charge in [-0.3, -0.25) is 0 Å². The maximum Gasteiger partial charge on any atom is 0.0406 e. The summed E-state index contributed by atoms with van der Waals surface area (Å²) in [6.45, 7) is 4.00. The van der Waals surface area contributed by atoms with E-state index in [1.807, 2.05) is 23.9 Å². The zero-order chi connectivity index (χ0) is 11.7. The van der Waals surface area contributed by atoms with Crippen molar-refractivity contribution in [3.63, 3.8) is 0 Å². The second-order valence-electron chi connectivity index (χ2n) is 5.16. The number of piperidine rings is 3. The minimum Gasteiger partial charge on any atom is -0.303 e. The van der Waals surface area contributed by atoms with Crippen molar-refractivity contribution in [3.8, 4) is 0 Å². The highest BCUT2D eigenvalue weighted by Crippen LogP contribution is 2.35. The van der Waals surface area contributed by atoms with Crippen molar-refractivity contribution in [3.05, 3.63) is 29.3 Å². The Hall–Kier alpha value is -0.180. The normalized spacial score (nSPS) is 31.7. The van der Waals surface area contributed by atoms with Crippen molar-refractivity contribution in [2.24, 2.45) is 11.8 Å². The molecule has 3 saturated heterocycles. The lowest BCUT2D eigenvalue weighted by Crippen LogP contribution is -2.48. The number of fused-ring (bicyclic) bond motifs is 3. The van der Waals surface area contributed by atoms with Crippen LogP contribution in [0.15, 0.2) is 29.2 Å². The number of benzene rings is 1. The first-order valence-electron chi connectivity index (χ1n) is 6.42. The molecular formula is C14H18ClNS. The lowest BCUT2D eigenvalue weighted by atomic mass is 9.80. The third-order valence-corrected chi connectivity index (χ3v) is 5.52. The molecule has 0 unspecified atom stereocenters. The molecule has 0 spiro atoms. The molecule has 17 heavy (non-hydrogen) atoms. The van der Waals surface area contributed by atoms with Crippen molar-refractivity contribution in [2.45, 2.75) is 17.7 Å². The van der Waals surface area contributed by atoms with Gasteiger partial charge in [-0.2, -0.15) is 0 Å². The van der Waals surface area contributed by atoms with Crippen LogP contribution in [0.5, 0.6) is 0 Å². The minimum absolute atomic E-state index is 0.831. The molecule has 0 radical (unpaired) electrons. The van der Waals surface area contributed by atoms with E-state index in [2.05, 4.69) is 17.0 Å². The van der Waals surface area contributed by atoms with Gasteiger partial charge in [0, 0.05) is 22.2 Å². The summed E-state index contributed by atoms with van der Waals surface area (Å²) in [5.74, 6) is 3.15. The van der Waals surface area contributed by atoms with Crippen molar-refractivity contribution in [1.29, 1.82) is 0 Å². The van der Waals surface area contributed by atoms with Crippen LogP contribution in [0.4, 0.5) is 0 Å². The standard InChI is InChI=1S/C14H18ClNS/c15-13-1-3-14(4-2-13)17-10-12-9-16-7-5-11(12)6-8-16/h1-4,11-12H,5-10H2/t12-/m1/s1. The smallest absolute Gasteiger partial charge is 0.0406 e. The van der Waals surface area contributed by atoms with Crippen molar-refractivity contribution in [1.82, 2.24) is 4.90 Å². The van der Waals surface area contributed by atoms with Crippen LogP contribution in [0.25, 0.3) is 0 Å². The first-order chi connectivity index (χ1) is 8.31. The summed E-state index contributed by atoms with van der Waals surface area (Å²) in [4.78, 5) is 3.98. The monoisotopic (exact) mass is 267 g/mol. The van der Waals surface area contributed by atoms with E-state index in [-0.39, 0.29) is 0 Å². The molecular weight excluding hydrogens is 250 g/mol. The van der Waals surface area contributed by atoms with Crippen molar-refractivity contribution >= 4 is 23.4 Å². The van der Waals surface area contributed by atoms with Crippen LogP contribution in [-0.2, 0) is 0 Å². The maximum atomic E-state index is 5.90. The van der Waals surface area contributed by atoms with E-state index in [9.17, 15) is 0 Å². The molecule has 1 aromatic carbocycles. The molecule has 3 aliphatic heterocycles. The van der Waals surface area contributed by atoms with Gasteiger partial charge in [-0.25, -0.2) is 0 Å². The van der Waals surface area contributed by atoms with Gasteiger partial charge in [0.1, 0.15) is 0 Å². The molecule has 0 amide bonds. The number of rotatable bonds is 3. The third kappa shape index (κ3) is 2.81. The molecule has 0 saturated carbocycles. The number of nitrogens with zero attached hydrogens (tertiary/aromatic N) is 1. The van der Waals surface area contributed by atoms with Gasteiger partial charge in [-0.05, 0) is 62.0 Å². The van der Waals surface area contributed by atoms with Gasteiger partial charge in [0.15, 0.2) is 0 Å². The fourth-order valence-corrected chi connectivity index (χ4v) is 4.25. The quantitative estimate of drug-likeness (QED) is 0.767. The summed E-state index contributed by atoms with van der Waals surface area (Å²) < 4.78 is 0. The van der Waals surface area contributed by atoms with E-state index in [0.717, 1.165) is 16.9 Å². The highest BCUT2D eigenvalue weighted by Gasteiger charge is 2.33. The Balaban J connectivity index is 1.56. The average Bonchev–Trinajstić information content (AvgIpc) is 2.39. The van der Waals surface area contributed by atoms with E-state index < -0.39 is 0 Å². The minimum atomic E-state index is 0.831. The number of hydrogen-bond acceptors (Lipinski definition) is 2. The zero-order valence-corrected chi connectivity index (χ0v) is 11.5. The van der Waals surface area contributed by atoms with Gasteiger partial charge in [0.05, 0.1) is 0 Å². The maximum absolute atomic E-state index is 5.90. The highest BCUT2D eigenvalue weighted by atomic mass is 35.5. The van der Waals surface area contributed by atoms with E-state index in [0.29, 0.717) is 0 Å². The van der Waals surface area contributed by atoms with E-state index >= 15 is 0 Å². The Labute approximate surface area is 113 Å². The molecule has 3 fully saturated rings. The molecule has 1 atom stereocenters. The topological polar surface area (TPSA) is 3.24 Å². The fraction of sp³-hybridized carbons (Fsp3) is 0.571. The largest absolute Gasteiger partial charge is 0.303 e. The van der Waals surface area contributed by atoms with Crippen LogP contribution >= 0.6 is 23.4 Å². The molecule has 2 bridgehead atoms. The first kappa shape index (κ1) is 11.9. The van der Waals surface area contributed by atoms with Crippen molar-refractivity contribution in [2.75, 3.05) is 25.4 Å². The first-order valence-corrected chi connectivity index (χ1v) is 7.78. The van der Waals surface area contributed by atoms with Crippen LogP contribution in [0, 0.1) is 11.8 Å². The van der Waals surface area contributed by atoms with Gasteiger partial charge in [0.25, 0.3) is 0 Å². The van der Waals surface area contributed by atoms with Gasteiger partial charge in [0.2, 0.25) is 0 Å². The molecule has 3 aliphatic rings. The summed E-state index contributed by atoms with van der Waals surface area (Å²) in [7, 11) is 0. The Morgan fingerprint density at radius 2 is 1.88 bits per heavy atom. The van der Waals surface area contributed by atoms with Crippen molar-refractivity contribution < 1.29 is 0 Å². The molecule has 0 aromatic heterocycles. The summed E-state index contributed by atoms with van der Waals surface area (Å²) in [5, 5.41) is 0.831. The highest BCUT2D eigenvalue weighted by molar-refractivity contribution is 7.99. The second kappa shape index (κ2) is 5.21. The zero-order valence-electron chi connectivity index (χ0n) is 9.94. The summed E-state index contributed by atoms with van der Waals surface area (Å²) >= 11 is 7.89. The molecule has 3 heteroatoms. The predicted octanol–water partition coefficient (Wildman–Crippen LogP) is 3.77. The Kier molecular flexibility index (Phi) is 3.64. The molecule has 0 N–H and O–H groups in total. The van der Waals surface area contributed by atoms with Gasteiger partial charge >= 0.3 is 0 Å². The second-order valence-corrected chi connectivity index (χ2v) is 6.69. The molecule has 1 nitrogen and oxygen atoms in total. The molecule has 1 aromatic rings. The van der Waals surface area contributed by atoms with Crippen LogP contribution in [0.3, 0.4) is 0 Å². The Bertz CT molecular complexity index is 370. The van der Waals surface area contributed by atoms with Crippen LogP contribution in [0.1, 0.15) is 12.8 Å². The molecule has 4 rings (SSSR count). The van der Waals surface area contributed by atoms with Gasteiger partial charge in [-0.15, -0.1) is 11.8 Å². The number of hydrogen-bond donors (Lipinski definition) is 0. The summed E-state index contributed by atoms with van der Waals surface area (Å²) in [6.07, 6.45) is 2.84. The van der Waals surface area contributed by atoms with Crippen LogP contribution < -0.4 is 0 Å². The van der Waals surface area contributed by atoms with E-state index in [1.54, 1.807) is 0 Å².